The summed E-state index contributed by atoms with van der Waals surface area (Å²) in [5.74, 6) is -0.124. The predicted molar refractivity (Wildman–Crippen MR) is 107 cm³/mol. The van der Waals surface area contributed by atoms with Crippen LogP contribution in [0.15, 0.2) is 57.9 Å². The quantitative estimate of drug-likeness (QED) is 0.478. The summed E-state index contributed by atoms with van der Waals surface area (Å²) in [4.78, 5) is 17.7. The van der Waals surface area contributed by atoms with Crippen molar-refractivity contribution in [1.82, 2.24) is 4.57 Å². The van der Waals surface area contributed by atoms with Crippen LogP contribution in [0.25, 0.3) is 21.2 Å². The van der Waals surface area contributed by atoms with E-state index in [2.05, 4.69) is 30.1 Å². The second kappa shape index (κ2) is 7.50. The molecule has 0 fully saturated rings. The van der Waals surface area contributed by atoms with E-state index in [1.165, 1.54) is 16.9 Å². The van der Waals surface area contributed by atoms with Crippen LogP contribution in [-0.2, 0) is 11.3 Å². The molecule has 0 unspecified atom stereocenters. The fourth-order valence-electron chi connectivity index (χ4n) is 3.01. The summed E-state index contributed by atoms with van der Waals surface area (Å²) >= 11 is 1.50. The maximum Gasteiger partial charge on any atom is 0.315 e. The third-order valence-corrected chi connectivity index (χ3v) is 5.38. The molecular weight excluding hydrogens is 360 g/mol. The second-order valence-corrected chi connectivity index (χ2v) is 7.28. The third-order valence-electron chi connectivity index (χ3n) is 4.34. The first kappa shape index (κ1) is 17.7. The van der Waals surface area contributed by atoms with Crippen LogP contribution in [0, 0.1) is 6.92 Å². The van der Waals surface area contributed by atoms with Crippen molar-refractivity contribution in [1.29, 1.82) is 0 Å². The van der Waals surface area contributed by atoms with Crippen LogP contribution in [0.2, 0.25) is 0 Å². The molecule has 138 valence electrons. The maximum absolute atomic E-state index is 12.7. The molecule has 5 nitrogen and oxygen atoms in total. The number of furan rings is 1. The highest BCUT2D eigenvalue weighted by molar-refractivity contribution is 7.16. The van der Waals surface area contributed by atoms with Crippen molar-refractivity contribution in [2.24, 2.45) is 4.99 Å². The van der Waals surface area contributed by atoms with Crippen molar-refractivity contribution in [3.63, 3.8) is 0 Å². The Kier molecular flexibility index (Phi) is 4.92. The zero-order chi connectivity index (χ0) is 18.8. The molecule has 0 spiro atoms. The number of rotatable bonds is 5. The molecular formula is C21H20N2O3S. The number of thiazole rings is 1. The van der Waals surface area contributed by atoms with Gasteiger partial charge >= 0.3 is 5.91 Å². The van der Waals surface area contributed by atoms with E-state index in [1.807, 2.05) is 35.8 Å². The molecule has 4 rings (SSSR count). The van der Waals surface area contributed by atoms with Crippen molar-refractivity contribution < 1.29 is 13.9 Å². The highest BCUT2D eigenvalue weighted by atomic mass is 32.1. The fourth-order valence-corrected chi connectivity index (χ4v) is 4.16. The van der Waals surface area contributed by atoms with Crippen LogP contribution in [0.4, 0.5) is 0 Å². The zero-order valence-electron chi connectivity index (χ0n) is 15.3. The molecule has 4 aromatic rings. The lowest BCUT2D eigenvalue weighted by Gasteiger charge is -2.05. The maximum atomic E-state index is 12.7. The van der Waals surface area contributed by atoms with Gasteiger partial charge in [0.15, 0.2) is 10.6 Å². The normalized spacial score (nSPS) is 12.3. The molecule has 0 aliphatic carbocycles. The molecule has 0 saturated heterocycles. The van der Waals surface area contributed by atoms with Crippen LogP contribution in [0.1, 0.15) is 23.0 Å². The predicted octanol–water partition coefficient (Wildman–Crippen LogP) is 4.54. The molecule has 0 aliphatic heterocycles. The molecule has 6 heteroatoms. The molecule has 0 aliphatic rings. The zero-order valence-corrected chi connectivity index (χ0v) is 16.1. The minimum atomic E-state index is -0.375. The molecule has 2 aromatic carbocycles. The smallest absolute Gasteiger partial charge is 0.315 e. The average molecular weight is 380 g/mol. The third kappa shape index (κ3) is 3.59. The van der Waals surface area contributed by atoms with Gasteiger partial charge in [0.05, 0.1) is 16.8 Å². The summed E-state index contributed by atoms with van der Waals surface area (Å²) < 4.78 is 14.3. The summed E-state index contributed by atoms with van der Waals surface area (Å²) in [6.45, 7) is 5.90. The van der Waals surface area contributed by atoms with E-state index in [-0.39, 0.29) is 11.7 Å². The first-order valence-electron chi connectivity index (χ1n) is 8.91. The summed E-state index contributed by atoms with van der Waals surface area (Å²) in [7, 11) is 0. The largest absolute Gasteiger partial charge is 0.451 e. The molecule has 0 saturated carbocycles. The summed E-state index contributed by atoms with van der Waals surface area (Å²) in [5.41, 5.74) is 2.92. The number of ether oxygens (including phenoxy) is 1. The lowest BCUT2D eigenvalue weighted by molar-refractivity contribution is 0.0972. The number of carbonyl (C=O) groups excluding carboxylic acids is 1. The van der Waals surface area contributed by atoms with Gasteiger partial charge in [-0.1, -0.05) is 35.6 Å². The monoisotopic (exact) mass is 380 g/mol. The Morgan fingerprint density at radius 3 is 2.89 bits per heavy atom. The van der Waals surface area contributed by atoms with E-state index < -0.39 is 0 Å². The van der Waals surface area contributed by atoms with Crippen molar-refractivity contribution >= 4 is 38.4 Å². The number of fused-ring (bicyclic) bond motifs is 2. The Morgan fingerprint density at radius 2 is 2.07 bits per heavy atom. The summed E-state index contributed by atoms with van der Waals surface area (Å²) in [6, 6.07) is 15.5. The SMILES string of the molecule is CCOCCn1c(=NC(=O)c2cc3ccccc3o2)sc2cc(C)ccc21. The molecule has 27 heavy (non-hydrogen) atoms. The highest BCUT2D eigenvalue weighted by Crippen LogP contribution is 2.21. The van der Waals surface area contributed by atoms with Crippen molar-refractivity contribution in [3.8, 4) is 0 Å². The number of amides is 1. The molecule has 0 radical (unpaired) electrons. The molecule has 2 heterocycles. The van der Waals surface area contributed by atoms with Gasteiger partial charge in [0, 0.05) is 18.5 Å². The molecule has 2 aromatic heterocycles. The van der Waals surface area contributed by atoms with Crippen LogP contribution in [-0.4, -0.2) is 23.7 Å². The fraction of sp³-hybridized carbons (Fsp3) is 0.238. The summed E-state index contributed by atoms with van der Waals surface area (Å²) in [6.07, 6.45) is 0. The first-order chi connectivity index (χ1) is 13.2. The number of nitrogens with zero attached hydrogens (tertiary/aromatic N) is 2. The number of aryl methyl sites for hydroxylation is 1. The van der Waals surface area contributed by atoms with Gasteiger partial charge in [-0.25, -0.2) is 0 Å². The minimum absolute atomic E-state index is 0.251. The van der Waals surface area contributed by atoms with Gasteiger partial charge in [0.25, 0.3) is 0 Å². The minimum Gasteiger partial charge on any atom is -0.451 e. The number of aromatic nitrogens is 1. The van der Waals surface area contributed by atoms with Gasteiger partial charge in [-0.3, -0.25) is 4.79 Å². The lowest BCUT2D eigenvalue weighted by Crippen LogP contribution is -2.19. The van der Waals surface area contributed by atoms with E-state index in [1.54, 1.807) is 6.07 Å². The van der Waals surface area contributed by atoms with Crippen LogP contribution in [0.5, 0.6) is 0 Å². The number of hydrogen-bond donors (Lipinski definition) is 0. The van der Waals surface area contributed by atoms with Gasteiger partial charge < -0.3 is 13.7 Å². The molecule has 0 N–H and O–H groups in total. The Bertz CT molecular complexity index is 1150. The number of carbonyl (C=O) groups is 1. The van der Waals surface area contributed by atoms with E-state index in [4.69, 9.17) is 9.15 Å². The van der Waals surface area contributed by atoms with E-state index in [0.717, 1.165) is 15.6 Å². The standard InChI is InChI=1S/C21H20N2O3S/c1-3-25-11-10-23-16-9-8-14(2)12-19(16)27-21(23)22-20(24)18-13-15-6-4-5-7-17(15)26-18/h4-9,12-13H,3,10-11H2,1-2H3. The van der Waals surface area contributed by atoms with Gasteiger partial charge in [-0.05, 0) is 43.7 Å². The van der Waals surface area contributed by atoms with E-state index in [0.29, 0.717) is 30.1 Å². The van der Waals surface area contributed by atoms with Gasteiger partial charge in [-0.2, -0.15) is 4.99 Å². The molecule has 0 bridgehead atoms. The highest BCUT2D eigenvalue weighted by Gasteiger charge is 2.13. The van der Waals surface area contributed by atoms with E-state index in [9.17, 15) is 4.79 Å². The van der Waals surface area contributed by atoms with Crippen LogP contribution >= 0.6 is 11.3 Å². The average Bonchev–Trinajstić information content (AvgIpc) is 3.23. The van der Waals surface area contributed by atoms with E-state index >= 15 is 0 Å². The number of para-hydroxylation sites is 1. The molecule has 1 amide bonds. The van der Waals surface area contributed by atoms with Crippen molar-refractivity contribution in [2.75, 3.05) is 13.2 Å². The number of benzene rings is 2. The van der Waals surface area contributed by atoms with Crippen molar-refractivity contribution in [3.05, 3.63) is 64.7 Å². The Morgan fingerprint density at radius 1 is 1.22 bits per heavy atom. The van der Waals surface area contributed by atoms with Gasteiger partial charge in [0.2, 0.25) is 0 Å². The van der Waals surface area contributed by atoms with Crippen molar-refractivity contribution in [2.45, 2.75) is 20.4 Å². The van der Waals surface area contributed by atoms with Crippen LogP contribution in [0.3, 0.4) is 0 Å². The Balaban J connectivity index is 1.78. The lowest BCUT2D eigenvalue weighted by atomic mass is 10.2. The van der Waals surface area contributed by atoms with Gasteiger partial charge in [-0.15, -0.1) is 0 Å². The second-order valence-electron chi connectivity index (χ2n) is 6.27. The van der Waals surface area contributed by atoms with Crippen LogP contribution < -0.4 is 4.80 Å². The molecule has 0 atom stereocenters. The topological polar surface area (TPSA) is 56.7 Å². The Labute approximate surface area is 160 Å². The first-order valence-corrected chi connectivity index (χ1v) is 9.72. The van der Waals surface area contributed by atoms with Gasteiger partial charge in [0.1, 0.15) is 5.58 Å². The number of hydrogen-bond acceptors (Lipinski definition) is 4. The Hall–Kier alpha value is -2.70. The summed E-state index contributed by atoms with van der Waals surface area (Å²) in [5, 5.41) is 0.896.